The predicted octanol–water partition coefficient (Wildman–Crippen LogP) is 0.420. The monoisotopic (exact) mass is 153 g/mol. The van der Waals surface area contributed by atoms with Crippen molar-refractivity contribution in [3.8, 4) is 0 Å². The van der Waals surface area contributed by atoms with E-state index in [0.717, 1.165) is 11.7 Å². The molecule has 2 atom stereocenters. The van der Waals surface area contributed by atoms with Gasteiger partial charge in [0.05, 0.1) is 0 Å². The van der Waals surface area contributed by atoms with Crippen molar-refractivity contribution in [2.45, 2.75) is 25.9 Å². The first-order valence-corrected chi connectivity index (χ1v) is 3.83. The zero-order valence-electron chi connectivity index (χ0n) is 6.41. The SMILES string of the molecule is CC1CC1c1n[nH]c(CO)n1. The third kappa shape index (κ3) is 1.14. The second-order valence-electron chi connectivity index (χ2n) is 3.12. The van der Waals surface area contributed by atoms with Gasteiger partial charge in [0, 0.05) is 5.92 Å². The number of hydrogen-bond donors (Lipinski definition) is 2. The molecule has 0 saturated heterocycles. The lowest BCUT2D eigenvalue weighted by Crippen LogP contribution is -1.86. The van der Waals surface area contributed by atoms with Crippen LogP contribution in [0.25, 0.3) is 0 Å². The van der Waals surface area contributed by atoms with E-state index in [0.29, 0.717) is 11.7 Å². The minimum absolute atomic E-state index is 0.0475. The molecule has 2 unspecified atom stereocenters. The van der Waals surface area contributed by atoms with Gasteiger partial charge in [-0.15, -0.1) is 0 Å². The van der Waals surface area contributed by atoms with E-state index in [1.165, 1.54) is 6.42 Å². The molecule has 4 heteroatoms. The van der Waals surface area contributed by atoms with Crippen LogP contribution in [-0.4, -0.2) is 20.3 Å². The van der Waals surface area contributed by atoms with E-state index in [4.69, 9.17) is 5.11 Å². The van der Waals surface area contributed by atoms with Gasteiger partial charge >= 0.3 is 0 Å². The van der Waals surface area contributed by atoms with Crippen molar-refractivity contribution < 1.29 is 5.11 Å². The summed E-state index contributed by atoms with van der Waals surface area (Å²) in [6.07, 6.45) is 1.18. The molecule has 1 saturated carbocycles. The van der Waals surface area contributed by atoms with Crippen LogP contribution in [-0.2, 0) is 6.61 Å². The summed E-state index contributed by atoms with van der Waals surface area (Å²) in [6.45, 7) is 2.13. The number of nitrogens with one attached hydrogen (secondary N) is 1. The Balaban J connectivity index is 2.13. The van der Waals surface area contributed by atoms with Crippen molar-refractivity contribution in [3.05, 3.63) is 11.6 Å². The Kier molecular flexibility index (Phi) is 1.42. The first-order chi connectivity index (χ1) is 5.31. The summed E-state index contributed by atoms with van der Waals surface area (Å²) in [5.41, 5.74) is 0. The summed E-state index contributed by atoms with van der Waals surface area (Å²) >= 11 is 0. The molecule has 0 aromatic carbocycles. The zero-order chi connectivity index (χ0) is 7.84. The molecule has 2 N–H and O–H groups in total. The van der Waals surface area contributed by atoms with Crippen molar-refractivity contribution in [3.63, 3.8) is 0 Å². The Morgan fingerprint density at radius 3 is 2.91 bits per heavy atom. The quantitative estimate of drug-likeness (QED) is 0.647. The van der Waals surface area contributed by atoms with Gasteiger partial charge in [-0.1, -0.05) is 6.92 Å². The van der Waals surface area contributed by atoms with Crippen molar-refractivity contribution >= 4 is 0 Å². The molecule has 1 aromatic rings. The van der Waals surface area contributed by atoms with Crippen LogP contribution in [0.5, 0.6) is 0 Å². The normalized spacial score (nSPS) is 28.9. The molecule has 2 rings (SSSR count). The Bertz CT molecular complexity index is 258. The maximum atomic E-state index is 8.69. The van der Waals surface area contributed by atoms with Crippen molar-refractivity contribution in [2.24, 2.45) is 5.92 Å². The van der Waals surface area contributed by atoms with Crippen LogP contribution < -0.4 is 0 Å². The minimum atomic E-state index is -0.0475. The standard InChI is InChI=1S/C7H11N3O/c1-4-2-5(4)7-8-6(3-11)9-10-7/h4-5,11H,2-3H2,1H3,(H,8,9,10). The molecule has 1 aliphatic carbocycles. The number of rotatable bonds is 2. The van der Waals surface area contributed by atoms with Gasteiger partial charge in [-0.3, -0.25) is 5.10 Å². The number of aliphatic hydroxyl groups excluding tert-OH is 1. The summed E-state index contributed by atoms with van der Waals surface area (Å²) in [5, 5.41) is 15.4. The highest BCUT2D eigenvalue weighted by Crippen LogP contribution is 2.45. The van der Waals surface area contributed by atoms with Gasteiger partial charge in [-0.2, -0.15) is 5.10 Å². The largest absolute Gasteiger partial charge is 0.388 e. The molecular weight excluding hydrogens is 142 g/mol. The third-order valence-electron chi connectivity index (χ3n) is 2.14. The highest BCUT2D eigenvalue weighted by Gasteiger charge is 2.37. The predicted molar refractivity (Wildman–Crippen MR) is 38.8 cm³/mol. The van der Waals surface area contributed by atoms with Gasteiger partial charge < -0.3 is 5.11 Å². The molecule has 1 aromatic heterocycles. The molecule has 1 heterocycles. The third-order valence-corrected chi connectivity index (χ3v) is 2.14. The van der Waals surface area contributed by atoms with E-state index >= 15 is 0 Å². The van der Waals surface area contributed by atoms with E-state index < -0.39 is 0 Å². The van der Waals surface area contributed by atoms with Gasteiger partial charge in [0.1, 0.15) is 12.4 Å². The first-order valence-electron chi connectivity index (χ1n) is 3.83. The van der Waals surface area contributed by atoms with Gasteiger partial charge in [0.2, 0.25) is 0 Å². The molecule has 0 aliphatic heterocycles. The number of H-pyrrole nitrogens is 1. The molecule has 0 spiro atoms. The number of aromatic nitrogens is 3. The second-order valence-corrected chi connectivity index (χ2v) is 3.12. The van der Waals surface area contributed by atoms with Gasteiger partial charge in [0.15, 0.2) is 5.82 Å². The van der Waals surface area contributed by atoms with Crippen LogP contribution >= 0.6 is 0 Å². The Labute approximate surface area is 64.7 Å². The Morgan fingerprint density at radius 1 is 1.73 bits per heavy atom. The molecule has 1 fully saturated rings. The second kappa shape index (κ2) is 2.30. The number of aliphatic hydroxyl groups is 1. The summed E-state index contributed by atoms with van der Waals surface area (Å²) in [7, 11) is 0. The van der Waals surface area contributed by atoms with Crippen LogP contribution in [0.1, 0.15) is 30.9 Å². The van der Waals surface area contributed by atoms with Crippen LogP contribution in [0.15, 0.2) is 0 Å². The van der Waals surface area contributed by atoms with E-state index in [1.54, 1.807) is 0 Å². The summed E-state index contributed by atoms with van der Waals surface area (Å²) in [5.74, 6) is 2.68. The van der Waals surface area contributed by atoms with E-state index in [-0.39, 0.29) is 6.61 Å². The lowest BCUT2D eigenvalue weighted by Gasteiger charge is -1.84. The number of aromatic amines is 1. The number of nitrogens with zero attached hydrogens (tertiary/aromatic N) is 2. The van der Waals surface area contributed by atoms with Gasteiger partial charge in [-0.25, -0.2) is 4.98 Å². The lowest BCUT2D eigenvalue weighted by atomic mass is 10.3. The molecule has 11 heavy (non-hydrogen) atoms. The Hall–Kier alpha value is -0.900. The summed E-state index contributed by atoms with van der Waals surface area (Å²) in [4.78, 5) is 4.12. The van der Waals surface area contributed by atoms with Crippen LogP contribution in [0.4, 0.5) is 0 Å². The molecular formula is C7H11N3O. The topological polar surface area (TPSA) is 61.8 Å². The molecule has 0 bridgehead atoms. The van der Waals surface area contributed by atoms with Crippen molar-refractivity contribution in [1.82, 2.24) is 15.2 Å². The highest BCUT2D eigenvalue weighted by atomic mass is 16.3. The van der Waals surface area contributed by atoms with Gasteiger partial charge in [-0.05, 0) is 12.3 Å². The van der Waals surface area contributed by atoms with Crippen molar-refractivity contribution in [2.75, 3.05) is 0 Å². The molecule has 60 valence electrons. The van der Waals surface area contributed by atoms with Crippen LogP contribution in [0.3, 0.4) is 0 Å². The van der Waals surface area contributed by atoms with Crippen LogP contribution in [0, 0.1) is 5.92 Å². The van der Waals surface area contributed by atoms with Crippen LogP contribution in [0.2, 0.25) is 0 Å². The lowest BCUT2D eigenvalue weighted by molar-refractivity contribution is 0.271. The van der Waals surface area contributed by atoms with E-state index in [1.807, 2.05) is 0 Å². The molecule has 4 nitrogen and oxygen atoms in total. The maximum absolute atomic E-state index is 8.69. The molecule has 1 aliphatic rings. The Morgan fingerprint density at radius 2 is 2.45 bits per heavy atom. The maximum Gasteiger partial charge on any atom is 0.154 e. The fraction of sp³-hybridized carbons (Fsp3) is 0.714. The zero-order valence-corrected chi connectivity index (χ0v) is 6.41. The average molecular weight is 153 g/mol. The number of hydrogen-bond acceptors (Lipinski definition) is 3. The van der Waals surface area contributed by atoms with Gasteiger partial charge in [0.25, 0.3) is 0 Å². The summed E-state index contributed by atoms with van der Waals surface area (Å²) < 4.78 is 0. The smallest absolute Gasteiger partial charge is 0.154 e. The highest BCUT2D eigenvalue weighted by molar-refractivity contribution is 5.08. The van der Waals surface area contributed by atoms with E-state index in [9.17, 15) is 0 Å². The van der Waals surface area contributed by atoms with Crippen molar-refractivity contribution in [1.29, 1.82) is 0 Å². The average Bonchev–Trinajstić information content (AvgIpc) is 2.59. The van der Waals surface area contributed by atoms with E-state index in [2.05, 4.69) is 22.1 Å². The molecule has 0 radical (unpaired) electrons. The minimum Gasteiger partial charge on any atom is -0.388 e. The fourth-order valence-electron chi connectivity index (χ4n) is 1.23. The summed E-state index contributed by atoms with van der Waals surface area (Å²) in [6, 6.07) is 0. The fourth-order valence-corrected chi connectivity index (χ4v) is 1.23. The first kappa shape index (κ1) is 6.79. The molecule has 0 amide bonds.